The van der Waals surface area contributed by atoms with Crippen molar-refractivity contribution in [3.05, 3.63) is 83.9 Å². The lowest BCUT2D eigenvalue weighted by Gasteiger charge is -2.31. The normalized spacial score (nSPS) is 13.2. The van der Waals surface area contributed by atoms with Gasteiger partial charge in [-0.25, -0.2) is 4.39 Å². The van der Waals surface area contributed by atoms with Crippen molar-refractivity contribution in [2.24, 2.45) is 0 Å². The third-order valence-corrected chi connectivity index (χ3v) is 4.50. The molecule has 4 nitrogen and oxygen atoms in total. The summed E-state index contributed by atoms with van der Waals surface area (Å²) in [5, 5.41) is 2.75. The average molecular weight is 347 g/mol. The van der Waals surface area contributed by atoms with Crippen molar-refractivity contribution >= 4 is 23.0 Å². The zero-order valence-electron chi connectivity index (χ0n) is 14.2. The van der Waals surface area contributed by atoms with E-state index in [1.54, 1.807) is 12.3 Å². The largest absolute Gasteiger partial charge is 0.341 e. The summed E-state index contributed by atoms with van der Waals surface area (Å²) in [6, 6.07) is 17.7. The summed E-state index contributed by atoms with van der Waals surface area (Å²) in [5.74, 6) is -0.657. The van der Waals surface area contributed by atoms with Crippen LogP contribution < -0.4 is 10.2 Å². The molecule has 1 aromatic heterocycles. The number of hydrogen-bond acceptors (Lipinski definition) is 3. The van der Waals surface area contributed by atoms with Crippen LogP contribution in [0.2, 0.25) is 0 Å². The summed E-state index contributed by atoms with van der Waals surface area (Å²) >= 11 is 0. The highest BCUT2D eigenvalue weighted by Gasteiger charge is 2.19. The van der Waals surface area contributed by atoms with E-state index in [1.807, 2.05) is 12.1 Å². The zero-order valence-corrected chi connectivity index (χ0v) is 14.2. The Morgan fingerprint density at radius 1 is 1.08 bits per heavy atom. The minimum Gasteiger partial charge on any atom is -0.341 e. The van der Waals surface area contributed by atoms with Crippen LogP contribution in [-0.4, -0.2) is 17.4 Å². The van der Waals surface area contributed by atoms with Crippen LogP contribution in [0.1, 0.15) is 22.5 Å². The number of aromatic nitrogens is 1. The van der Waals surface area contributed by atoms with Gasteiger partial charge in [0.25, 0.3) is 5.91 Å². The first-order valence-corrected chi connectivity index (χ1v) is 8.59. The average Bonchev–Trinajstić information content (AvgIpc) is 2.69. The van der Waals surface area contributed by atoms with Gasteiger partial charge >= 0.3 is 0 Å². The van der Waals surface area contributed by atoms with Crippen molar-refractivity contribution < 1.29 is 9.18 Å². The van der Waals surface area contributed by atoms with E-state index < -0.39 is 0 Å². The number of benzene rings is 2. The highest BCUT2D eigenvalue weighted by atomic mass is 19.1. The van der Waals surface area contributed by atoms with Crippen LogP contribution in [-0.2, 0) is 6.42 Å². The summed E-state index contributed by atoms with van der Waals surface area (Å²) < 4.78 is 13.0. The lowest BCUT2D eigenvalue weighted by Crippen LogP contribution is -2.25. The molecule has 0 spiro atoms. The minimum atomic E-state index is -0.341. The number of pyridine rings is 1. The molecule has 4 rings (SSSR count). The molecule has 1 amide bonds. The summed E-state index contributed by atoms with van der Waals surface area (Å²) in [6.07, 6.45) is 3.78. The number of para-hydroxylation sites is 1. The number of carbonyl (C=O) groups excluding carboxylic acids is 1. The number of carbonyl (C=O) groups is 1. The SMILES string of the molecule is O=C(Nc1ccc(F)cc1)c1cc(N2CCCc3ccccc32)ccn1. The maximum Gasteiger partial charge on any atom is 0.274 e. The Morgan fingerprint density at radius 2 is 1.88 bits per heavy atom. The Bertz CT molecular complexity index is 940. The molecule has 0 aliphatic carbocycles. The van der Waals surface area contributed by atoms with Crippen LogP contribution in [0.25, 0.3) is 0 Å². The monoisotopic (exact) mass is 347 g/mol. The molecule has 1 aliphatic rings. The van der Waals surface area contributed by atoms with E-state index in [0.717, 1.165) is 25.1 Å². The van der Waals surface area contributed by atoms with E-state index >= 15 is 0 Å². The van der Waals surface area contributed by atoms with Gasteiger partial charge in [0.2, 0.25) is 0 Å². The number of fused-ring (bicyclic) bond motifs is 1. The number of aryl methyl sites for hydroxylation is 1. The molecule has 1 aliphatic heterocycles. The smallest absolute Gasteiger partial charge is 0.274 e. The first kappa shape index (κ1) is 16.3. The summed E-state index contributed by atoms with van der Waals surface area (Å²) in [6.45, 7) is 0.903. The molecule has 1 N–H and O–H groups in total. The van der Waals surface area contributed by atoms with Gasteiger partial charge in [-0.1, -0.05) is 18.2 Å². The number of hydrogen-bond donors (Lipinski definition) is 1. The Balaban J connectivity index is 1.59. The van der Waals surface area contributed by atoms with Crippen LogP contribution >= 0.6 is 0 Å². The Kier molecular flexibility index (Phi) is 4.35. The van der Waals surface area contributed by atoms with Crippen molar-refractivity contribution in [3.8, 4) is 0 Å². The van der Waals surface area contributed by atoms with E-state index in [0.29, 0.717) is 11.4 Å². The van der Waals surface area contributed by atoms with Gasteiger partial charge in [-0.2, -0.15) is 0 Å². The maximum atomic E-state index is 13.0. The molecule has 5 heteroatoms. The van der Waals surface area contributed by atoms with Gasteiger partial charge in [-0.05, 0) is 60.9 Å². The number of rotatable bonds is 3. The van der Waals surface area contributed by atoms with E-state index in [2.05, 4.69) is 33.4 Å². The van der Waals surface area contributed by atoms with Gasteiger partial charge in [0.15, 0.2) is 0 Å². The fourth-order valence-electron chi connectivity index (χ4n) is 3.24. The van der Waals surface area contributed by atoms with Gasteiger partial charge in [0, 0.05) is 29.8 Å². The fourth-order valence-corrected chi connectivity index (χ4v) is 3.24. The second-order valence-corrected chi connectivity index (χ2v) is 6.24. The predicted molar refractivity (Wildman–Crippen MR) is 100 cm³/mol. The molecule has 0 atom stereocenters. The molecule has 0 fully saturated rings. The quantitative estimate of drug-likeness (QED) is 0.755. The van der Waals surface area contributed by atoms with E-state index in [4.69, 9.17) is 0 Å². The molecule has 0 bridgehead atoms. The molecule has 3 aromatic rings. The molecular weight excluding hydrogens is 329 g/mol. The first-order chi connectivity index (χ1) is 12.7. The highest BCUT2D eigenvalue weighted by molar-refractivity contribution is 6.03. The zero-order chi connectivity index (χ0) is 17.9. The minimum absolute atomic E-state index is 0.316. The predicted octanol–water partition coefficient (Wildman–Crippen LogP) is 4.56. The number of anilines is 3. The Morgan fingerprint density at radius 3 is 2.73 bits per heavy atom. The topological polar surface area (TPSA) is 45.2 Å². The van der Waals surface area contributed by atoms with Crippen molar-refractivity contribution in [2.45, 2.75) is 12.8 Å². The van der Waals surface area contributed by atoms with E-state index in [1.165, 1.54) is 35.5 Å². The van der Waals surface area contributed by atoms with Crippen LogP contribution in [0.15, 0.2) is 66.9 Å². The molecule has 2 heterocycles. The lowest BCUT2D eigenvalue weighted by molar-refractivity contribution is 0.102. The second-order valence-electron chi connectivity index (χ2n) is 6.24. The highest BCUT2D eigenvalue weighted by Crippen LogP contribution is 2.33. The van der Waals surface area contributed by atoms with Crippen molar-refractivity contribution in [2.75, 3.05) is 16.8 Å². The fraction of sp³-hybridized carbons (Fsp3) is 0.143. The molecule has 2 aromatic carbocycles. The number of nitrogens with zero attached hydrogens (tertiary/aromatic N) is 2. The molecule has 26 heavy (non-hydrogen) atoms. The van der Waals surface area contributed by atoms with Gasteiger partial charge in [0.05, 0.1) is 0 Å². The number of amides is 1. The van der Waals surface area contributed by atoms with Gasteiger partial charge in [-0.15, -0.1) is 0 Å². The van der Waals surface area contributed by atoms with Gasteiger partial charge < -0.3 is 10.2 Å². The van der Waals surface area contributed by atoms with Crippen LogP contribution in [0.3, 0.4) is 0 Å². The summed E-state index contributed by atoms with van der Waals surface area (Å²) in [7, 11) is 0. The summed E-state index contributed by atoms with van der Waals surface area (Å²) in [5.41, 5.74) is 4.29. The lowest BCUT2D eigenvalue weighted by atomic mass is 10.0. The van der Waals surface area contributed by atoms with Crippen molar-refractivity contribution in [3.63, 3.8) is 0 Å². The van der Waals surface area contributed by atoms with Crippen LogP contribution in [0.5, 0.6) is 0 Å². The first-order valence-electron chi connectivity index (χ1n) is 8.59. The van der Waals surface area contributed by atoms with Crippen LogP contribution in [0.4, 0.5) is 21.5 Å². The third-order valence-electron chi connectivity index (χ3n) is 4.50. The molecule has 0 unspecified atom stereocenters. The van der Waals surface area contributed by atoms with E-state index in [-0.39, 0.29) is 11.7 Å². The Hall–Kier alpha value is -3.21. The molecular formula is C21H18FN3O. The summed E-state index contributed by atoms with van der Waals surface area (Å²) in [4.78, 5) is 18.9. The third kappa shape index (κ3) is 3.28. The van der Waals surface area contributed by atoms with Crippen molar-refractivity contribution in [1.29, 1.82) is 0 Å². The Labute approximate surface area is 151 Å². The van der Waals surface area contributed by atoms with Gasteiger partial charge in [-0.3, -0.25) is 9.78 Å². The van der Waals surface area contributed by atoms with E-state index in [9.17, 15) is 9.18 Å². The van der Waals surface area contributed by atoms with Crippen LogP contribution in [0, 0.1) is 5.82 Å². The maximum absolute atomic E-state index is 13.0. The second kappa shape index (κ2) is 6.96. The molecule has 0 saturated carbocycles. The number of nitrogens with one attached hydrogen (secondary N) is 1. The molecule has 130 valence electrons. The molecule has 0 saturated heterocycles. The van der Waals surface area contributed by atoms with Crippen molar-refractivity contribution in [1.82, 2.24) is 4.98 Å². The standard InChI is InChI=1S/C21H18FN3O/c22-16-7-9-17(10-8-16)24-21(26)19-14-18(11-12-23-19)25-13-3-5-15-4-1-2-6-20(15)25/h1-2,4,6-12,14H,3,5,13H2,(H,24,26). The van der Waals surface area contributed by atoms with Gasteiger partial charge in [0.1, 0.15) is 11.5 Å². The molecule has 0 radical (unpaired) electrons. The number of halogens is 1.